The van der Waals surface area contributed by atoms with Gasteiger partial charge in [-0.2, -0.15) is 0 Å². The van der Waals surface area contributed by atoms with Crippen LogP contribution in [-0.4, -0.2) is 16.3 Å². The first-order valence-electron chi connectivity index (χ1n) is 5.29. The van der Waals surface area contributed by atoms with Crippen molar-refractivity contribution in [1.29, 1.82) is 0 Å². The lowest BCUT2D eigenvalue weighted by Crippen LogP contribution is -1.89. The topological polar surface area (TPSA) is 81.5 Å². The average molecular weight is 245 g/mol. The lowest BCUT2D eigenvalue weighted by Gasteiger charge is -1.93. The monoisotopic (exact) mass is 245 g/mol. The molecule has 2 aromatic rings. The average Bonchev–Trinajstić information content (AvgIpc) is 2.68. The van der Waals surface area contributed by atoms with Crippen LogP contribution in [0.1, 0.15) is 16.8 Å². The van der Waals surface area contributed by atoms with E-state index in [1.807, 2.05) is 13.8 Å². The molecule has 1 aromatic carbocycles. The van der Waals surface area contributed by atoms with Crippen LogP contribution in [0.5, 0.6) is 0 Å². The number of aromatic nitrogens is 1. The summed E-state index contributed by atoms with van der Waals surface area (Å²) in [5.74, 6) is 0.416. The predicted molar refractivity (Wildman–Crippen MR) is 66.3 cm³/mol. The van der Waals surface area contributed by atoms with Gasteiger partial charge in [0, 0.05) is 23.9 Å². The van der Waals surface area contributed by atoms with Crippen molar-refractivity contribution in [2.45, 2.75) is 13.8 Å². The molecule has 0 unspecified atom stereocenters. The molecule has 0 atom stereocenters. The van der Waals surface area contributed by atoms with E-state index in [2.05, 4.69) is 10.1 Å². The van der Waals surface area contributed by atoms with Gasteiger partial charge in [0.25, 0.3) is 11.6 Å². The Balaban J connectivity index is 2.26. The van der Waals surface area contributed by atoms with Crippen LogP contribution in [0.15, 0.2) is 33.8 Å². The number of benzene rings is 1. The Morgan fingerprint density at radius 2 is 2.22 bits per heavy atom. The van der Waals surface area contributed by atoms with Crippen LogP contribution in [0.25, 0.3) is 0 Å². The molecular weight excluding hydrogens is 234 g/mol. The predicted octanol–water partition coefficient (Wildman–Crippen LogP) is 2.95. The van der Waals surface area contributed by atoms with Crippen LogP contribution in [0.2, 0.25) is 0 Å². The fraction of sp³-hybridized carbons (Fsp3) is 0.167. The van der Waals surface area contributed by atoms with Crippen LogP contribution in [-0.2, 0) is 0 Å². The number of hydrogen-bond acceptors (Lipinski definition) is 5. The van der Waals surface area contributed by atoms with Gasteiger partial charge in [-0.3, -0.25) is 10.1 Å². The van der Waals surface area contributed by atoms with Gasteiger partial charge in [-0.05, 0) is 19.4 Å². The summed E-state index contributed by atoms with van der Waals surface area (Å²) in [5.41, 5.74) is 2.31. The Morgan fingerprint density at radius 1 is 1.44 bits per heavy atom. The zero-order valence-electron chi connectivity index (χ0n) is 9.95. The molecule has 2 rings (SSSR count). The minimum absolute atomic E-state index is 0.0319. The molecule has 0 spiro atoms. The van der Waals surface area contributed by atoms with Gasteiger partial charge in [0.2, 0.25) is 0 Å². The van der Waals surface area contributed by atoms with E-state index in [1.165, 1.54) is 18.3 Å². The van der Waals surface area contributed by atoms with Crippen molar-refractivity contribution in [1.82, 2.24) is 5.16 Å². The lowest BCUT2D eigenvalue weighted by atomic mass is 10.2. The molecule has 0 N–H and O–H groups in total. The van der Waals surface area contributed by atoms with Gasteiger partial charge < -0.3 is 4.52 Å². The lowest BCUT2D eigenvalue weighted by molar-refractivity contribution is -0.384. The van der Waals surface area contributed by atoms with Crippen molar-refractivity contribution < 1.29 is 9.45 Å². The highest BCUT2D eigenvalue weighted by Gasteiger charge is 2.07. The van der Waals surface area contributed by atoms with E-state index < -0.39 is 4.92 Å². The van der Waals surface area contributed by atoms with Crippen LogP contribution >= 0.6 is 0 Å². The summed E-state index contributed by atoms with van der Waals surface area (Å²) in [4.78, 5) is 14.3. The fourth-order valence-electron chi connectivity index (χ4n) is 1.38. The maximum atomic E-state index is 10.6. The Labute approximate surface area is 103 Å². The minimum atomic E-state index is -0.443. The summed E-state index contributed by atoms with van der Waals surface area (Å²) >= 11 is 0. The zero-order valence-corrected chi connectivity index (χ0v) is 9.95. The number of nitro benzene ring substituents is 1. The molecule has 0 aliphatic rings. The Kier molecular flexibility index (Phi) is 3.18. The molecule has 0 saturated heterocycles. The Morgan fingerprint density at radius 3 is 2.83 bits per heavy atom. The molecule has 0 aliphatic carbocycles. The Bertz CT molecular complexity index is 617. The molecule has 0 saturated carbocycles. The second kappa shape index (κ2) is 4.79. The molecule has 0 fully saturated rings. The van der Waals surface area contributed by atoms with E-state index in [-0.39, 0.29) is 5.69 Å². The number of aryl methyl sites for hydroxylation is 1. The first-order valence-corrected chi connectivity index (χ1v) is 5.29. The van der Waals surface area contributed by atoms with Crippen LogP contribution in [0, 0.1) is 24.0 Å². The molecule has 0 bridgehead atoms. The molecule has 1 heterocycles. The van der Waals surface area contributed by atoms with E-state index in [4.69, 9.17) is 4.52 Å². The molecule has 92 valence electrons. The van der Waals surface area contributed by atoms with Crippen LogP contribution < -0.4 is 0 Å². The molecule has 0 amide bonds. The number of hydrogen-bond donors (Lipinski definition) is 0. The normalized spacial score (nSPS) is 11.0. The highest BCUT2D eigenvalue weighted by atomic mass is 16.6. The Hall–Kier alpha value is -2.50. The van der Waals surface area contributed by atoms with Crippen molar-refractivity contribution in [3.05, 3.63) is 51.2 Å². The third-order valence-corrected chi connectivity index (χ3v) is 2.54. The van der Waals surface area contributed by atoms with Crippen molar-refractivity contribution >= 4 is 17.8 Å². The molecule has 0 radical (unpaired) electrons. The van der Waals surface area contributed by atoms with Gasteiger partial charge >= 0.3 is 0 Å². The number of aliphatic imine (C=N–C) groups is 1. The maximum absolute atomic E-state index is 10.6. The minimum Gasteiger partial charge on any atom is -0.336 e. The number of rotatable bonds is 3. The molecule has 0 aliphatic heterocycles. The zero-order chi connectivity index (χ0) is 13.1. The second-order valence-electron chi connectivity index (χ2n) is 3.81. The van der Waals surface area contributed by atoms with E-state index in [1.54, 1.807) is 12.1 Å². The summed E-state index contributed by atoms with van der Waals surface area (Å²) < 4.78 is 5.01. The summed E-state index contributed by atoms with van der Waals surface area (Å²) in [7, 11) is 0. The van der Waals surface area contributed by atoms with E-state index >= 15 is 0 Å². The smallest absolute Gasteiger partial charge is 0.270 e. The van der Waals surface area contributed by atoms with Gasteiger partial charge in [-0.15, -0.1) is 0 Å². The van der Waals surface area contributed by atoms with Gasteiger partial charge in [0.15, 0.2) is 0 Å². The van der Waals surface area contributed by atoms with Crippen molar-refractivity contribution in [2.24, 2.45) is 4.99 Å². The standard InChI is InChI=1S/C12H11N3O3/c1-8-9(2)14-18-12(8)13-7-10-4-3-5-11(6-10)15(16)17/h3-7H,1-2H3/b13-7+. The summed E-state index contributed by atoms with van der Waals surface area (Å²) in [6.07, 6.45) is 1.51. The summed E-state index contributed by atoms with van der Waals surface area (Å²) in [6, 6.07) is 6.22. The summed E-state index contributed by atoms with van der Waals surface area (Å²) in [6.45, 7) is 3.68. The van der Waals surface area contributed by atoms with E-state index in [9.17, 15) is 10.1 Å². The molecule has 6 heteroatoms. The first-order chi connectivity index (χ1) is 8.58. The van der Waals surface area contributed by atoms with Crippen molar-refractivity contribution in [2.75, 3.05) is 0 Å². The third-order valence-electron chi connectivity index (χ3n) is 2.54. The largest absolute Gasteiger partial charge is 0.336 e. The SMILES string of the molecule is Cc1noc(/N=C/c2cccc([N+](=O)[O-])c2)c1C. The molecule has 1 aromatic heterocycles. The highest BCUT2D eigenvalue weighted by Crippen LogP contribution is 2.21. The maximum Gasteiger partial charge on any atom is 0.270 e. The van der Waals surface area contributed by atoms with Crippen LogP contribution in [0.3, 0.4) is 0 Å². The van der Waals surface area contributed by atoms with Crippen molar-refractivity contribution in [3.8, 4) is 0 Å². The number of non-ortho nitro benzene ring substituents is 1. The molecule has 6 nitrogen and oxygen atoms in total. The van der Waals surface area contributed by atoms with Gasteiger partial charge in [0.05, 0.1) is 10.6 Å². The first kappa shape index (κ1) is 12.0. The number of nitro groups is 1. The molecular formula is C12H11N3O3. The van der Waals surface area contributed by atoms with Gasteiger partial charge in [-0.25, -0.2) is 4.99 Å². The fourth-order valence-corrected chi connectivity index (χ4v) is 1.38. The van der Waals surface area contributed by atoms with Crippen molar-refractivity contribution in [3.63, 3.8) is 0 Å². The highest BCUT2D eigenvalue weighted by molar-refractivity contribution is 5.82. The summed E-state index contributed by atoms with van der Waals surface area (Å²) in [5, 5.41) is 14.4. The molecule has 18 heavy (non-hydrogen) atoms. The van der Waals surface area contributed by atoms with E-state index in [0.717, 1.165) is 11.3 Å². The second-order valence-corrected chi connectivity index (χ2v) is 3.81. The van der Waals surface area contributed by atoms with Gasteiger partial charge in [-0.1, -0.05) is 17.3 Å². The van der Waals surface area contributed by atoms with Gasteiger partial charge in [0.1, 0.15) is 0 Å². The number of nitrogens with zero attached hydrogens (tertiary/aromatic N) is 3. The quantitative estimate of drug-likeness (QED) is 0.473. The third kappa shape index (κ3) is 2.42. The van der Waals surface area contributed by atoms with Crippen LogP contribution in [0.4, 0.5) is 11.6 Å². The van der Waals surface area contributed by atoms with E-state index in [0.29, 0.717) is 11.4 Å².